The number of rotatable bonds is 4. The number of nitrogens with zero attached hydrogens (tertiary/aromatic N) is 2. The molecule has 1 saturated carbocycles. The number of carbonyl (C=O) groups is 2. The zero-order valence-corrected chi connectivity index (χ0v) is 15.9. The van der Waals surface area contributed by atoms with Crippen molar-refractivity contribution in [1.82, 2.24) is 14.8 Å². The first-order valence-corrected chi connectivity index (χ1v) is 10.3. The van der Waals surface area contributed by atoms with Crippen LogP contribution in [-0.2, 0) is 22.7 Å². The van der Waals surface area contributed by atoms with E-state index in [-0.39, 0.29) is 17.9 Å². The van der Waals surface area contributed by atoms with Gasteiger partial charge in [0, 0.05) is 17.1 Å². The first-order valence-electron chi connectivity index (χ1n) is 9.41. The zero-order valence-electron chi connectivity index (χ0n) is 15.1. The third-order valence-electron chi connectivity index (χ3n) is 5.68. The summed E-state index contributed by atoms with van der Waals surface area (Å²) in [6.45, 7) is 3.00. The van der Waals surface area contributed by atoms with E-state index >= 15 is 0 Å². The highest BCUT2D eigenvalue weighted by atomic mass is 32.1. The van der Waals surface area contributed by atoms with E-state index in [4.69, 9.17) is 0 Å². The predicted molar refractivity (Wildman–Crippen MR) is 102 cm³/mol. The molecule has 26 heavy (non-hydrogen) atoms. The molecular weight excluding hydrogens is 346 g/mol. The smallest absolute Gasteiger partial charge is 0.249 e. The van der Waals surface area contributed by atoms with Crippen LogP contribution in [0.1, 0.15) is 49.2 Å². The maximum absolute atomic E-state index is 13.2. The topological polar surface area (TPSA) is 54.3 Å². The lowest BCUT2D eigenvalue weighted by atomic mass is 9.85. The molecule has 1 fully saturated rings. The minimum absolute atomic E-state index is 0.000979. The van der Waals surface area contributed by atoms with Crippen LogP contribution in [0.4, 0.5) is 0 Å². The summed E-state index contributed by atoms with van der Waals surface area (Å²) in [4.78, 5) is 28.9. The Kier molecular flexibility index (Phi) is 4.85. The molecule has 5 nitrogen and oxygen atoms in total. The van der Waals surface area contributed by atoms with Crippen molar-refractivity contribution >= 4 is 23.2 Å². The van der Waals surface area contributed by atoms with Crippen molar-refractivity contribution in [2.45, 2.75) is 57.8 Å². The third kappa shape index (κ3) is 3.30. The zero-order chi connectivity index (χ0) is 18.1. The fourth-order valence-electron chi connectivity index (χ4n) is 4.18. The minimum Gasteiger partial charge on any atom is -0.351 e. The molecule has 2 amide bonds. The van der Waals surface area contributed by atoms with Gasteiger partial charge < -0.3 is 14.8 Å². The van der Waals surface area contributed by atoms with E-state index in [1.165, 1.54) is 6.42 Å². The number of hydrogen-bond acceptors (Lipinski definition) is 3. The highest BCUT2D eigenvalue weighted by Crippen LogP contribution is 2.31. The largest absolute Gasteiger partial charge is 0.351 e. The SMILES string of the molecule is CC1CCCCC1NC(=O)C1c2cccn2CC(=O)N1Cc1cccs1. The van der Waals surface area contributed by atoms with Gasteiger partial charge in [-0.15, -0.1) is 11.3 Å². The van der Waals surface area contributed by atoms with Gasteiger partial charge in [-0.25, -0.2) is 0 Å². The van der Waals surface area contributed by atoms with Gasteiger partial charge in [-0.3, -0.25) is 9.59 Å². The van der Waals surface area contributed by atoms with Gasteiger partial charge in [0.1, 0.15) is 6.54 Å². The quantitative estimate of drug-likeness (QED) is 0.896. The van der Waals surface area contributed by atoms with Crippen molar-refractivity contribution < 1.29 is 9.59 Å². The number of hydrogen-bond donors (Lipinski definition) is 1. The Balaban J connectivity index is 1.60. The molecule has 2 aromatic rings. The molecule has 3 atom stereocenters. The molecular formula is C20H25N3O2S. The Bertz CT molecular complexity index is 783. The number of carbonyl (C=O) groups excluding carboxylic acids is 2. The highest BCUT2D eigenvalue weighted by molar-refractivity contribution is 7.09. The third-order valence-corrected chi connectivity index (χ3v) is 6.54. The van der Waals surface area contributed by atoms with Crippen LogP contribution in [0.2, 0.25) is 0 Å². The Morgan fingerprint density at radius 1 is 1.27 bits per heavy atom. The van der Waals surface area contributed by atoms with Crippen LogP contribution in [0.3, 0.4) is 0 Å². The summed E-state index contributed by atoms with van der Waals surface area (Å²) < 4.78 is 1.90. The van der Waals surface area contributed by atoms with Crippen LogP contribution >= 0.6 is 11.3 Å². The molecule has 3 unspecified atom stereocenters. The molecule has 3 heterocycles. The molecule has 2 aliphatic rings. The fourth-order valence-corrected chi connectivity index (χ4v) is 4.88. The van der Waals surface area contributed by atoms with E-state index in [0.717, 1.165) is 29.8 Å². The number of thiophene rings is 1. The Labute approximate surface area is 158 Å². The molecule has 4 rings (SSSR count). The molecule has 0 radical (unpaired) electrons. The van der Waals surface area contributed by atoms with Gasteiger partial charge in [-0.1, -0.05) is 25.8 Å². The summed E-state index contributed by atoms with van der Waals surface area (Å²) in [5, 5.41) is 5.26. The van der Waals surface area contributed by atoms with Crippen molar-refractivity contribution in [3.63, 3.8) is 0 Å². The standard InChI is InChI=1S/C20H25N3O2S/c1-14-6-2-3-8-16(14)21-20(25)19-17-9-4-10-22(17)13-18(24)23(19)12-15-7-5-11-26-15/h4-5,7,9-11,14,16,19H,2-3,6,8,12-13H2,1H3,(H,21,25). The van der Waals surface area contributed by atoms with E-state index in [0.29, 0.717) is 19.0 Å². The van der Waals surface area contributed by atoms with Crippen molar-refractivity contribution in [2.75, 3.05) is 0 Å². The van der Waals surface area contributed by atoms with E-state index in [1.807, 2.05) is 40.4 Å². The molecule has 1 aliphatic carbocycles. The summed E-state index contributed by atoms with van der Waals surface area (Å²) >= 11 is 1.62. The van der Waals surface area contributed by atoms with E-state index in [2.05, 4.69) is 12.2 Å². The molecule has 6 heteroatoms. The lowest BCUT2D eigenvalue weighted by Gasteiger charge is -2.37. The maximum Gasteiger partial charge on any atom is 0.249 e. The Hall–Kier alpha value is -2.08. The minimum atomic E-state index is -0.553. The molecule has 138 valence electrons. The second-order valence-corrected chi connectivity index (χ2v) is 8.47. The van der Waals surface area contributed by atoms with Gasteiger partial charge in [0.15, 0.2) is 6.04 Å². The summed E-state index contributed by atoms with van der Waals surface area (Å²) in [5.74, 6) is 0.441. The van der Waals surface area contributed by atoms with Crippen molar-refractivity contribution in [3.8, 4) is 0 Å². The van der Waals surface area contributed by atoms with Crippen LogP contribution in [0.15, 0.2) is 35.8 Å². The van der Waals surface area contributed by atoms with Crippen LogP contribution in [0, 0.1) is 5.92 Å². The van der Waals surface area contributed by atoms with E-state index < -0.39 is 6.04 Å². The van der Waals surface area contributed by atoms with Crippen LogP contribution < -0.4 is 5.32 Å². The Morgan fingerprint density at radius 3 is 2.88 bits per heavy atom. The summed E-state index contributed by atoms with van der Waals surface area (Å²) in [7, 11) is 0. The summed E-state index contributed by atoms with van der Waals surface area (Å²) in [6, 6.07) is 7.53. The van der Waals surface area contributed by atoms with E-state index in [1.54, 1.807) is 16.2 Å². The van der Waals surface area contributed by atoms with E-state index in [9.17, 15) is 9.59 Å². The predicted octanol–water partition coefficient (Wildman–Crippen LogP) is 3.33. The molecule has 0 spiro atoms. The maximum atomic E-state index is 13.2. The van der Waals surface area contributed by atoms with Crippen molar-refractivity contribution in [2.24, 2.45) is 5.92 Å². The summed E-state index contributed by atoms with van der Waals surface area (Å²) in [6.07, 6.45) is 6.47. The number of fused-ring (bicyclic) bond motifs is 1. The lowest BCUT2D eigenvalue weighted by Crippen LogP contribution is -2.51. The fraction of sp³-hybridized carbons (Fsp3) is 0.500. The van der Waals surface area contributed by atoms with Crippen LogP contribution in [0.5, 0.6) is 0 Å². The van der Waals surface area contributed by atoms with Crippen LogP contribution in [0.25, 0.3) is 0 Å². The molecule has 1 N–H and O–H groups in total. The molecule has 0 bridgehead atoms. The molecule has 2 aromatic heterocycles. The molecule has 0 aromatic carbocycles. The van der Waals surface area contributed by atoms with Gasteiger partial charge >= 0.3 is 0 Å². The lowest BCUT2D eigenvalue weighted by molar-refractivity contribution is -0.145. The van der Waals surface area contributed by atoms with Crippen molar-refractivity contribution in [3.05, 3.63) is 46.4 Å². The highest BCUT2D eigenvalue weighted by Gasteiger charge is 2.38. The number of amides is 2. The second kappa shape index (κ2) is 7.27. The van der Waals surface area contributed by atoms with Crippen LogP contribution in [-0.4, -0.2) is 27.3 Å². The number of aromatic nitrogens is 1. The normalized spacial score (nSPS) is 25.8. The monoisotopic (exact) mass is 371 g/mol. The first-order chi connectivity index (χ1) is 12.6. The first kappa shape index (κ1) is 17.3. The molecule has 1 aliphatic heterocycles. The Morgan fingerprint density at radius 2 is 2.12 bits per heavy atom. The number of nitrogens with one attached hydrogen (secondary N) is 1. The van der Waals surface area contributed by atoms with Gasteiger partial charge in [-0.2, -0.15) is 0 Å². The average Bonchev–Trinajstić information content (AvgIpc) is 3.29. The van der Waals surface area contributed by atoms with Gasteiger partial charge in [0.2, 0.25) is 11.8 Å². The second-order valence-electron chi connectivity index (χ2n) is 7.44. The van der Waals surface area contributed by atoms with Gasteiger partial charge in [0.25, 0.3) is 0 Å². The van der Waals surface area contributed by atoms with Gasteiger partial charge in [0.05, 0.1) is 12.2 Å². The van der Waals surface area contributed by atoms with Gasteiger partial charge in [-0.05, 0) is 42.3 Å². The van der Waals surface area contributed by atoms with Crippen molar-refractivity contribution in [1.29, 1.82) is 0 Å². The average molecular weight is 372 g/mol. The summed E-state index contributed by atoms with van der Waals surface area (Å²) in [5.41, 5.74) is 0.905. The molecule has 0 saturated heterocycles.